The van der Waals surface area contributed by atoms with Gasteiger partial charge in [0.25, 0.3) is 0 Å². The Hall–Kier alpha value is -1.19. The van der Waals surface area contributed by atoms with E-state index in [-0.39, 0.29) is 6.04 Å². The molecule has 0 aliphatic carbocycles. The first kappa shape index (κ1) is 15.2. The van der Waals surface area contributed by atoms with Crippen LogP contribution in [0.25, 0.3) is 10.8 Å². The topological polar surface area (TPSA) is 29.1 Å². The number of hydrogen-bond acceptors (Lipinski definition) is 2. The lowest BCUT2D eigenvalue weighted by atomic mass is 10.00. The van der Waals surface area contributed by atoms with Gasteiger partial charge in [0.15, 0.2) is 0 Å². The Morgan fingerprint density at radius 2 is 1.90 bits per heavy atom. The van der Waals surface area contributed by atoms with Gasteiger partial charge in [-0.25, -0.2) is 0 Å². The Balaban J connectivity index is 2.23. The third kappa shape index (κ3) is 3.68. The van der Waals surface area contributed by atoms with E-state index in [1.165, 1.54) is 16.3 Å². The maximum Gasteiger partial charge on any atom is 0.0440 e. The van der Waals surface area contributed by atoms with Crippen LogP contribution in [0.2, 0.25) is 0 Å². The third-order valence-corrected chi connectivity index (χ3v) is 5.07. The maximum absolute atomic E-state index is 12.2. The molecule has 2 rings (SSSR count). The van der Waals surface area contributed by atoms with Gasteiger partial charge in [-0.2, -0.15) is 0 Å². The SMILES string of the molecule is CCCCS(=O)CC(NC)c1cccc2ccccc12. The Morgan fingerprint density at radius 1 is 1.15 bits per heavy atom. The molecule has 0 bridgehead atoms. The number of fused-ring (bicyclic) bond motifs is 1. The van der Waals surface area contributed by atoms with Gasteiger partial charge in [-0.3, -0.25) is 4.21 Å². The minimum absolute atomic E-state index is 0.152. The standard InChI is InChI=1S/C17H23NOS/c1-3-4-12-20(19)13-17(18-2)16-11-7-9-14-8-5-6-10-15(14)16/h5-11,17-18H,3-4,12-13H2,1-2H3. The molecule has 0 spiro atoms. The monoisotopic (exact) mass is 289 g/mol. The summed E-state index contributed by atoms with van der Waals surface area (Å²) in [6.07, 6.45) is 2.14. The molecule has 2 aromatic rings. The van der Waals surface area contributed by atoms with E-state index in [2.05, 4.69) is 54.7 Å². The van der Waals surface area contributed by atoms with Crippen molar-refractivity contribution in [3.63, 3.8) is 0 Å². The van der Waals surface area contributed by atoms with Crippen LogP contribution in [0.15, 0.2) is 42.5 Å². The summed E-state index contributed by atoms with van der Waals surface area (Å²) in [6, 6.07) is 14.9. The second-order valence-electron chi connectivity index (χ2n) is 5.07. The van der Waals surface area contributed by atoms with Crippen molar-refractivity contribution in [3.8, 4) is 0 Å². The maximum atomic E-state index is 12.2. The van der Waals surface area contributed by atoms with Crippen LogP contribution in [0.4, 0.5) is 0 Å². The number of rotatable bonds is 7. The molecule has 2 nitrogen and oxygen atoms in total. The van der Waals surface area contributed by atoms with Crippen molar-refractivity contribution in [2.75, 3.05) is 18.6 Å². The fourth-order valence-corrected chi connectivity index (χ4v) is 3.95. The van der Waals surface area contributed by atoms with E-state index in [1.54, 1.807) is 0 Å². The lowest BCUT2D eigenvalue weighted by Crippen LogP contribution is -2.23. The highest BCUT2D eigenvalue weighted by Gasteiger charge is 2.15. The van der Waals surface area contributed by atoms with Crippen molar-refractivity contribution in [2.45, 2.75) is 25.8 Å². The van der Waals surface area contributed by atoms with Crippen LogP contribution >= 0.6 is 0 Å². The quantitative estimate of drug-likeness (QED) is 0.843. The molecular formula is C17H23NOS. The van der Waals surface area contributed by atoms with E-state index in [4.69, 9.17) is 0 Å². The summed E-state index contributed by atoms with van der Waals surface area (Å²) < 4.78 is 12.2. The van der Waals surface area contributed by atoms with Crippen molar-refractivity contribution in [1.29, 1.82) is 0 Å². The zero-order chi connectivity index (χ0) is 14.4. The van der Waals surface area contributed by atoms with Gasteiger partial charge >= 0.3 is 0 Å². The summed E-state index contributed by atoms with van der Waals surface area (Å²) in [5.41, 5.74) is 1.25. The zero-order valence-electron chi connectivity index (χ0n) is 12.3. The minimum atomic E-state index is -0.756. The smallest absolute Gasteiger partial charge is 0.0440 e. The minimum Gasteiger partial charge on any atom is -0.312 e. The number of unbranched alkanes of at least 4 members (excludes halogenated alkanes) is 1. The van der Waals surface area contributed by atoms with Gasteiger partial charge in [0.1, 0.15) is 0 Å². The van der Waals surface area contributed by atoms with Gasteiger partial charge in [-0.1, -0.05) is 55.8 Å². The van der Waals surface area contributed by atoms with Crippen LogP contribution < -0.4 is 5.32 Å². The molecule has 0 aliphatic heterocycles. The van der Waals surface area contributed by atoms with Crippen LogP contribution in [0.5, 0.6) is 0 Å². The normalized spacial score (nSPS) is 14.3. The molecule has 0 heterocycles. The van der Waals surface area contributed by atoms with E-state index in [0.29, 0.717) is 5.75 Å². The van der Waals surface area contributed by atoms with E-state index < -0.39 is 10.8 Å². The van der Waals surface area contributed by atoms with E-state index in [1.807, 2.05) is 7.05 Å². The molecule has 0 aromatic heterocycles. The van der Waals surface area contributed by atoms with Crippen molar-refractivity contribution in [1.82, 2.24) is 5.32 Å². The molecule has 3 heteroatoms. The second-order valence-corrected chi connectivity index (χ2v) is 6.70. The summed E-state index contributed by atoms with van der Waals surface area (Å²) in [6.45, 7) is 2.14. The van der Waals surface area contributed by atoms with Crippen LogP contribution in [0, 0.1) is 0 Å². The highest BCUT2D eigenvalue weighted by atomic mass is 32.2. The average Bonchev–Trinajstić information content (AvgIpc) is 2.50. The summed E-state index contributed by atoms with van der Waals surface area (Å²) in [5, 5.41) is 5.82. The first-order chi connectivity index (χ1) is 9.76. The summed E-state index contributed by atoms with van der Waals surface area (Å²) >= 11 is 0. The predicted octanol–water partition coefficient (Wildman–Crippen LogP) is 3.65. The lowest BCUT2D eigenvalue weighted by molar-refractivity contribution is 0.637. The Morgan fingerprint density at radius 3 is 2.65 bits per heavy atom. The third-order valence-electron chi connectivity index (χ3n) is 3.63. The molecule has 0 aliphatic rings. The van der Waals surface area contributed by atoms with Gasteiger partial charge in [-0.05, 0) is 29.8 Å². The summed E-state index contributed by atoms with van der Waals surface area (Å²) in [7, 11) is 1.19. The zero-order valence-corrected chi connectivity index (χ0v) is 13.1. The molecule has 0 saturated carbocycles. The van der Waals surface area contributed by atoms with Gasteiger partial charge in [0.2, 0.25) is 0 Å². The molecule has 2 aromatic carbocycles. The molecule has 2 unspecified atom stereocenters. The van der Waals surface area contributed by atoms with E-state index >= 15 is 0 Å². The Bertz CT molecular complexity index is 577. The molecule has 20 heavy (non-hydrogen) atoms. The number of nitrogens with one attached hydrogen (secondary N) is 1. The van der Waals surface area contributed by atoms with Crippen LogP contribution in [0.3, 0.4) is 0 Å². The Labute approximate surface area is 124 Å². The van der Waals surface area contributed by atoms with Crippen molar-refractivity contribution in [3.05, 3.63) is 48.0 Å². The number of hydrogen-bond donors (Lipinski definition) is 1. The molecule has 108 valence electrons. The fourth-order valence-electron chi connectivity index (χ4n) is 2.46. The predicted molar refractivity (Wildman–Crippen MR) is 88.5 cm³/mol. The molecule has 0 fully saturated rings. The van der Waals surface area contributed by atoms with Crippen molar-refractivity contribution < 1.29 is 4.21 Å². The van der Waals surface area contributed by atoms with Gasteiger partial charge in [0, 0.05) is 28.3 Å². The van der Waals surface area contributed by atoms with Crippen LogP contribution in [0.1, 0.15) is 31.4 Å². The van der Waals surface area contributed by atoms with Crippen LogP contribution in [-0.4, -0.2) is 22.8 Å². The van der Waals surface area contributed by atoms with E-state index in [0.717, 1.165) is 18.6 Å². The number of benzene rings is 2. The van der Waals surface area contributed by atoms with E-state index in [9.17, 15) is 4.21 Å². The molecule has 0 amide bonds. The molecule has 2 atom stereocenters. The first-order valence-corrected chi connectivity index (χ1v) is 8.75. The highest BCUT2D eigenvalue weighted by molar-refractivity contribution is 7.85. The van der Waals surface area contributed by atoms with Crippen molar-refractivity contribution in [2.24, 2.45) is 0 Å². The largest absolute Gasteiger partial charge is 0.312 e. The fraction of sp³-hybridized carbons (Fsp3) is 0.412. The van der Waals surface area contributed by atoms with Crippen LogP contribution in [-0.2, 0) is 10.8 Å². The van der Waals surface area contributed by atoms with Gasteiger partial charge in [0.05, 0.1) is 0 Å². The van der Waals surface area contributed by atoms with Gasteiger partial charge in [-0.15, -0.1) is 0 Å². The van der Waals surface area contributed by atoms with Crippen molar-refractivity contribution >= 4 is 21.6 Å². The molecule has 0 saturated heterocycles. The average molecular weight is 289 g/mol. The first-order valence-electron chi connectivity index (χ1n) is 7.26. The summed E-state index contributed by atoms with van der Waals surface area (Å²) in [4.78, 5) is 0. The Kier molecular flexibility index (Phi) is 5.74. The molecule has 0 radical (unpaired) electrons. The summed E-state index contributed by atoms with van der Waals surface area (Å²) in [5.74, 6) is 1.49. The highest BCUT2D eigenvalue weighted by Crippen LogP contribution is 2.24. The second kappa shape index (κ2) is 7.55. The van der Waals surface area contributed by atoms with Gasteiger partial charge < -0.3 is 5.32 Å². The molecular weight excluding hydrogens is 266 g/mol. The lowest BCUT2D eigenvalue weighted by Gasteiger charge is -2.18. The molecule has 1 N–H and O–H groups in total.